The zero-order valence-corrected chi connectivity index (χ0v) is 12.4. The van der Waals surface area contributed by atoms with Crippen molar-refractivity contribution in [3.8, 4) is 0 Å². The molecule has 0 bridgehead atoms. The topological polar surface area (TPSA) is 66.8 Å². The minimum atomic E-state index is -0.891. The summed E-state index contributed by atoms with van der Waals surface area (Å²) in [5.41, 5.74) is 0.0228. The van der Waals surface area contributed by atoms with Crippen molar-refractivity contribution in [2.45, 2.75) is 39.3 Å². The third kappa shape index (κ3) is 3.54. The number of hydrogen-bond donors (Lipinski definition) is 1. The van der Waals surface area contributed by atoms with Gasteiger partial charge in [-0.25, -0.2) is 4.79 Å². The number of amides is 1. The molecule has 2 unspecified atom stereocenters. The lowest BCUT2D eigenvalue weighted by molar-refractivity contribution is -0.151. The highest BCUT2D eigenvalue weighted by atomic mass is 16.6. The molecule has 114 valence electrons. The van der Waals surface area contributed by atoms with Crippen LogP contribution in [0.3, 0.4) is 0 Å². The first-order valence-corrected chi connectivity index (χ1v) is 7.13. The lowest BCUT2D eigenvalue weighted by Gasteiger charge is -2.41. The van der Waals surface area contributed by atoms with E-state index in [1.807, 2.05) is 37.3 Å². The Kier molecular flexibility index (Phi) is 4.50. The Morgan fingerprint density at radius 3 is 2.67 bits per heavy atom. The Balaban J connectivity index is 1.98. The van der Waals surface area contributed by atoms with Crippen LogP contribution in [-0.4, -0.2) is 34.7 Å². The first-order chi connectivity index (χ1) is 9.92. The summed E-state index contributed by atoms with van der Waals surface area (Å²) in [5, 5.41) is 9.31. The zero-order chi connectivity index (χ0) is 15.5. The first-order valence-electron chi connectivity index (χ1n) is 7.13. The summed E-state index contributed by atoms with van der Waals surface area (Å²) in [7, 11) is 0. The Bertz CT molecular complexity index is 516. The molecule has 1 aliphatic heterocycles. The molecule has 1 aliphatic rings. The van der Waals surface area contributed by atoms with Crippen LogP contribution in [0.1, 0.15) is 32.3 Å². The van der Waals surface area contributed by atoms with Crippen LogP contribution in [0.5, 0.6) is 0 Å². The predicted molar refractivity (Wildman–Crippen MR) is 77.8 cm³/mol. The summed E-state index contributed by atoms with van der Waals surface area (Å²) in [5.74, 6) is -0.866. The number of carboxylic acids is 1. The van der Waals surface area contributed by atoms with Crippen LogP contribution in [-0.2, 0) is 16.1 Å². The molecule has 5 nitrogen and oxygen atoms in total. The van der Waals surface area contributed by atoms with Gasteiger partial charge in [0.1, 0.15) is 6.61 Å². The molecule has 1 heterocycles. The molecular formula is C16H21NO4. The average Bonchev–Trinajstić information content (AvgIpc) is 2.48. The molecule has 1 N–H and O–H groups in total. The third-order valence-electron chi connectivity index (χ3n) is 4.12. The molecule has 0 aliphatic carbocycles. The maximum absolute atomic E-state index is 12.2. The summed E-state index contributed by atoms with van der Waals surface area (Å²) in [4.78, 5) is 25.1. The van der Waals surface area contributed by atoms with Gasteiger partial charge in [-0.15, -0.1) is 0 Å². The summed E-state index contributed by atoms with van der Waals surface area (Å²) in [6.45, 7) is 3.99. The number of carboxylic acid groups (broad SMARTS) is 1. The molecule has 0 radical (unpaired) electrons. The van der Waals surface area contributed by atoms with Crippen molar-refractivity contribution in [1.82, 2.24) is 4.90 Å². The maximum atomic E-state index is 12.2. The van der Waals surface area contributed by atoms with E-state index in [0.29, 0.717) is 12.8 Å². The largest absolute Gasteiger partial charge is 0.481 e. The van der Waals surface area contributed by atoms with Gasteiger partial charge in [-0.1, -0.05) is 30.3 Å². The number of likely N-dealkylation sites (tertiary alicyclic amines) is 1. The molecule has 1 aromatic rings. The van der Waals surface area contributed by atoms with Crippen molar-refractivity contribution >= 4 is 12.1 Å². The number of hydrogen-bond acceptors (Lipinski definition) is 3. The quantitative estimate of drug-likeness (QED) is 0.930. The molecule has 5 heteroatoms. The van der Waals surface area contributed by atoms with Crippen LogP contribution < -0.4 is 0 Å². The smallest absolute Gasteiger partial charge is 0.410 e. The van der Waals surface area contributed by atoms with Gasteiger partial charge in [0, 0.05) is 12.6 Å². The van der Waals surface area contributed by atoms with Crippen LogP contribution in [0.25, 0.3) is 0 Å². The lowest BCUT2D eigenvalue weighted by Crippen LogP contribution is -2.52. The second-order valence-electron chi connectivity index (χ2n) is 5.92. The van der Waals surface area contributed by atoms with E-state index in [4.69, 9.17) is 4.74 Å². The standard InChI is InChI=1S/C16H21NO4/c1-12-8-9-16(2,14(18)19)11-17(12)15(20)21-10-13-6-4-3-5-7-13/h3-7,12H,8-11H2,1-2H3,(H,18,19). The highest BCUT2D eigenvalue weighted by Gasteiger charge is 2.42. The second kappa shape index (κ2) is 6.16. The van der Waals surface area contributed by atoms with Crippen molar-refractivity contribution in [2.24, 2.45) is 5.41 Å². The molecule has 1 aromatic carbocycles. The summed E-state index contributed by atoms with van der Waals surface area (Å²) in [6, 6.07) is 9.43. The fourth-order valence-electron chi connectivity index (χ4n) is 2.52. The fraction of sp³-hybridized carbons (Fsp3) is 0.500. The third-order valence-corrected chi connectivity index (χ3v) is 4.12. The number of ether oxygens (including phenoxy) is 1. The number of carbonyl (C=O) groups is 2. The van der Waals surface area contributed by atoms with E-state index in [1.54, 1.807) is 6.92 Å². The molecule has 2 atom stereocenters. The van der Waals surface area contributed by atoms with E-state index in [2.05, 4.69) is 0 Å². The van der Waals surface area contributed by atoms with Crippen LogP contribution >= 0.6 is 0 Å². The van der Waals surface area contributed by atoms with Gasteiger partial charge >= 0.3 is 12.1 Å². The molecule has 1 fully saturated rings. The molecule has 1 amide bonds. The van der Waals surface area contributed by atoms with E-state index < -0.39 is 17.5 Å². The van der Waals surface area contributed by atoms with Gasteiger partial charge in [-0.05, 0) is 32.3 Å². The Labute approximate surface area is 124 Å². The van der Waals surface area contributed by atoms with Gasteiger partial charge in [0.25, 0.3) is 0 Å². The normalized spacial score (nSPS) is 25.4. The lowest BCUT2D eigenvalue weighted by atomic mass is 9.80. The Hall–Kier alpha value is -2.04. The number of nitrogens with zero attached hydrogens (tertiary/aromatic N) is 1. The zero-order valence-electron chi connectivity index (χ0n) is 12.4. The number of aliphatic carboxylic acids is 1. The summed E-state index contributed by atoms with van der Waals surface area (Å²) < 4.78 is 5.31. The molecular weight excluding hydrogens is 270 g/mol. The van der Waals surface area contributed by atoms with Crippen LogP contribution in [0.2, 0.25) is 0 Å². The average molecular weight is 291 g/mol. The molecule has 1 saturated heterocycles. The van der Waals surface area contributed by atoms with Gasteiger partial charge in [0.05, 0.1) is 5.41 Å². The number of carbonyl (C=O) groups excluding carboxylic acids is 1. The van der Waals surface area contributed by atoms with Gasteiger partial charge in [-0.3, -0.25) is 4.79 Å². The van der Waals surface area contributed by atoms with Crippen molar-refractivity contribution in [3.05, 3.63) is 35.9 Å². The monoisotopic (exact) mass is 291 g/mol. The van der Waals surface area contributed by atoms with Crippen molar-refractivity contribution in [1.29, 1.82) is 0 Å². The van der Waals surface area contributed by atoms with Gasteiger partial charge in [0.15, 0.2) is 0 Å². The fourth-order valence-corrected chi connectivity index (χ4v) is 2.52. The molecule has 2 rings (SSSR count). The van der Waals surface area contributed by atoms with Gasteiger partial charge in [0.2, 0.25) is 0 Å². The van der Waals surface area contributed by atoms with Crippen LogP contribution in [0.15, 0.2) is 30.3 Å². The van der Waals surface area contributed by atoms with Crippen molar-refractivity contribution in [3.63, 3.8) is 0 Å². The van der Waals surface area contributed by atoms with Crippen LogP contribution in [0, 0.1) is 5.41 Å². The van der Waals surface area contributed by atoms with E-state index in [9.17, 15) is 14.7 Å². The Morgan fingerprint density at radius 2 is 2.05 bits per heavy atom. The maximum Gasteiger partial charge on any atom is 0.410 e. The van der Waals surface area contributed by atoms with E-state index in [1.165, 1.54) is 4.90 Å². The minimum absolute atomic E-state index is 0.000647. The van der Waals surface area contributed by atoms with E-state index >= 15 is 0 Å². The van der Waals surface area contributed by atoms with Gasteiger partial charge in [-0.2, -0.15) is 0 Å². The van der Waals surface area contributed by atoms with Gasteiger partial charge < -0.3 is 14.7 Å². The number of benzene rings is 1. The summed E-state index contributed by atoms with van der Waals surface area (Å²) >= 11 is 0. The van der Waals surface area contributed by atoms with Crippen molar-refractivity contribution < 1.29 is 19.4 Å². The second-order valence-corrected chi connectivity index (χ2v) is 5.92. The number of piperidine rings is 1. The number of rotatable bonds is 3. The van der Waals surface area contributed by atoms with E-state index in [-0.39, 0.29) is 19.2 Å². The predicted octanol–water partition coefficient (Wildman–Crippen LogP) is 2.90. The highest BCUT2D eigenvalue weighted by Crippen LogP contribution is 2.33. The molecule has 0 aromatic heterocycles. The SMILES string of the molecule is CC1CCC(C)(C(=O)O)CN1C(=O)OCc1ccccc1. The van der Waals surface area contributed by atoms with E-state index in [0.717, 1.165) is 5.56 Å². The molecule has 0 saturated carbocycles. The Morgan fingerprint density at radius 1 is 1.38 bits per heavy atom. The summed E-state index contributed by atoms with van der Waals surface area (Å²) in [6.07, 6.45) is 0.799. The minimum Gasteiger partial charge on any atom is -0.481 e. The van der Waals surface area contributed by atoms with Crippen molar-refractivity contribution in [2.75, 3.05) is 6.54 Å². The molecule has 0 spiro atoms. The first kappa shape index (κ1) is 15.4. The molecule has 21 heavy (non-hydrogen) atoms. The van der Waals surface area contributed by atoms with Crippen LogP contribution in [0.4, 0.5) is 4.79 Å². The highest BCUT2D eigenvalue weighted by molar-refractivity contribution is 5.76.